The molecule has 0 aromatic heterocycles. The molecule has 1 heterocycles. The van der Waals surface area contributed by atoms with Crippen molar-refractivity contribution in [2.75, 3.05) is 0 Å². The highest BCUT2D eigenvalue weighted by Crippen LogP contribution is 2.44. The molecule has 0 saturated heterocycles. The highest BCUT2D eigenvalue weighted by molar-refractivity contribution is 6.10. The molecule has 3 aromatic rings. The molecule has 0 unspecified atom stereocenters. The van der Waals surface area contributed by atoms with E-state index >= 15 is 0 Å². The number of hydrogen-bond donors (Lipinski definition) is 0. The lowest BCUT2D eigenvalue weighted by Gasteiger charge is -2.29. The molecule has 4 nitrogen and oxygen atoms in total. The molecule has 0 radical (unpaired) electrons. The highest BCUT2D eigenvalue weighted by atomic mass is 16.2. The topological polar surface area (TPSA) is 56.5 Å². The molecule has 2 aliphatic rings. The predicted molar refractivity (Wildman–Crippen MR) is 140 cm³/mol. The van der Waals surface area contributed by atoms with E-state index in [1.165, 1.54) is 5.57 Å². The van der Waals surface area contributed by atoms with Crippen molar-refractivity contribution in [2.45, 2.75) is 32.2 Å². The number of aryl methyl sites for hydroxylation is 1. The number of fused-ring (bicyclic) bond motifs is 1. The number of nitriles is 1. The summed E-state index contributed by atoms with van der Waals surface area (Å²) in [5, 5.41) is 16.4. The Morgan fingerprint density at radius 1 is 0.971 bits per heavy atom. The largest absolute Gasteiger partial charge is 0.285 e. The van der Waals surface area contributed by atoms with Crippen LogP contribution in [0.2, 0.25) is 0 Å². The zero-order chi connectivity index (χ0) is 24.2. The molecule has 0 N–H and O–H groups in total. The third-order valence-corrected chi connectivity index (χ3v) is 6.73. The van der Waals surface area contributed by atoms with Crippen molar-refractivity contribution < 1.29 is 4.79 Å². The number of carbonyl (C=O) groups is 1. The van der Waals surface area contributed by atoms with Gasteiger partial charge in [-0.3, -0.25) is 4.79 Å². The Balaban J connectivity index is 1.56. The van der Waals surface area contributed by atoms with Gasteiger partial charge in [0.2, 0.25) is 0 Å². The number of carbonyl (C=O) groups excluding carboxylic acids is 1. The molecule has 35 heavy (non-hydrogen) atoms. The Bertz CT molecular complexity index is 1350. The van der Waals surface area contributed by atoms with Crippen molar-refractivity contribution in [3.8, 4) is 6.07 Å². The normalized spacial score (nSPS) is 20.8. The summed E-state index contributed by atoms with van der Waals surface area (Å²) >= 11 is 0. The third kappa shape index (κ3) is 4.72. The number of rotatable bonds is 4. The Morgan fingerprint density at radius 3 is 2.34 bits per heavy atom. The van der Waals surface area contributed by atoms with Gasteiger partial charge in [0.05, 0.1) is 11.8 Å². The van der Waals surface area contributed by atoms with Gasteiger partial charge in [-0.25, -0.2) is 5.01 Å². The second kappa shape index (κ2) is 9.95. The second-order valence-electron chi connectivity index (χ2n) is 9.15. The van der Waals surface area contributed by atoms with E-state index in [9.17, 15) is 10.1 Å². The first-order chi connectivity index (χ1) is 17.1. The van der Waals surface area contributed by atoms with Gasteiger partial charge >= 0.3 is 0 Å². The summed E-state index contributed by atoms with van der Waals surface area (Å²) in [7, 11) is 0. The van der Waals surface area contributed by atoms with Crippen LogP contribution in [0.4, 0.5) is 0 Å². The number of allylic oxidation sites excluding steroid dienone is 1. The number of nitrogens with zero attached hydrogens (tertiary/aromatic N) is 3. The summed E-state index contributed by atoms with van der Waals surface area (Å²) in [6.07, 6.45) is 6.77. The van der Waals surface area contributed by atoms with Gasteiger partial charge < -0.3 is 0 Å². The van der Waals surface area contributed by atoms with Crippen LogP contribution in [-0.4, -0.2) is 16.6 Å². The fraction of sp³-hybridized carbons (Fsp3) is 0.194. The summed E-state index contributed by atoms with van der Waals surface area (Å²) in [5.41, 5.74) is 6.35. The maximum Gasteiger partial charge on any atom is 0.285 e. The van der Waals surface area contributed by atoms with Gasteiger partial charge in [0.1, 0.15) is 11.6 Å². The van der Waals surface area contributed by atoms with E-state index in [0.29, 0.717) is 0 Å². The summed E-state index contributed by atoms with van der Waals surface area (Å²) in [6.45, 7) is 2.01. The standard InChI is InChI=1S/C31H27N3O/c1-22-15-17-24(18-16-22)20-27(21-32)31(35)34-30(25-11-6-3-7-12-25)28-14-8-13-26(29(28)33-34)19-23-9-4-2-5-10-23/h2-7,9-12,15-20,28,30H,8,13-14H2,1H3/b26-19+,27-20-/t28-,30+/m1/s1. The molecular weight excluding hydrogens is 430 g/mol. The van der Waals surface area contributed by atoms with E-state index in [-0.39, 0.29) is 23.4 Å². The van der Waals surface area contributed by atoms with Gasteiger partial charge in [0.15, 0.2) is 0 Å². The Hall–Kier alpha value is -4.23. The Labute approximate surface area is 206 Å². The lowest BCUT2D eigenvalue weighted by molar-refractivity contribution is -0.129. The Kier molecular flexibility index (Phi) is 6.41. The predicted octanol–water partition coefficient (Wildman–Crippen LogP) is 6.73. The molecule has 1 saturated carbocycles. The minimum atomic E-state index is -0.358. The van der Waals surface area contributed by atoms with Crippen molar-refractivity contribution >= 4 is 23.8 Å². The van der Waals surface area contributed by atoms with Crippen LogP contribution < -0.4 is 0 Å². The molecule has 1 aliphatic heterocycles. The van der Waals surface area contributed by atoms with Crippen LogP contribution in [0.3, 0.4) is 0 Å². The van der Waals surface area contributed by atoms with Gasteiger partial charge in [0, 0.05) is 5.92 Å². The zero-order valence-corrected chi connectivity index (χ0v) is 19.8. The average Bonchev–Trinajstić information content (AvgIpc) is 3.30. The molecule has 1 aliphatic carbocycles. The second-order valence-corrected chi connectivity index (χ2v) is 9.15. The average molecular weight is 458 g/mol. The summed E-state index contributed by atoms with van der Waals surface area (Å²) in [4.78, 5) is 13.7. The van der Waals surface area contributed by atoms with E-state index in [4.69, 9.17) is 5.10 Å². The van der Waals surface area contributed by atoms with Crippen molar-refractivity contribution in [2.24, 2.45) is 11.0 Å². The first-order valence-electron chi connectivity index (χ1n) is 12.1. The van der Waals surface area contributed by atoms with Crippen LogP contribution in [0.1, 0.15) is 47.6 Å². The molecule has 1 fully saturated rings. The minimum Gasteiger partial charge on any atom is -0.266 e. The van der Waals surface area contributed by atoms with E-state index in [1.54, 1.807) is 11.1 Å². The highest BCUT2D eigenvalue weighted by Gasteiger charge is 2.44. The smallest absolute Gasteiger partial charge is 0.266 e. The van der Waals surface area contributed by atoms with Gasteiger partial charge in [-0.05, 0) is 60.6 Å². The molecule has 0 bridgehead atoms. The Morgan fingerprint density at radius 2 is 1.66 bits per heavy atom. The lowest BCUT2D eigenvalue weighted by atomic mass is 9.77. The van der Waals surface area contributed by atoms with Gasteiger partial charge in [-0.2, -0.15) is 10.4 Å². The SMILES string of the molecule is Cc1ccc(/C=C(/C#N)C(=O)N2N=C3/C(=C/c4ccccc4)CCC[C@H]3[C@@H]2c2ccccc2)cc1. The molecule has 2 atom stereocenters. The monoisotopic (exact) mass is 457 g/mol. The maximum absolute atomic E-state index is 13.7. The molecule has 3 aromatic carbocycles. The summed E-state index contributed by atoms with van der Waals surface area (Å²) in [5.74, 6) is -0.257. The van der Waals surface area contributed by atoms with Crippen molar-refractivity contribution in [1.29, 1.82) is 5.26 Å². The number of amides is 1. The number of hydrogen-bond acceptors (Lipinski definition) is 3. The van der Waals surface area contributed by atoms with Crippen LogP contribution in [0.15, 0.2) is 101 Å². The van der Waals surface area contributed by atoms with Crippen LogP contribution >= 0.6 is 0 Å². The number of hydrazone groups is 1. The molecular formula is C31H27N3O. The quantitative estimate of drug-likeness (QED) is 0.322. The molecule has 4 heteroatoms. The summed E-state index contributed by atoms with van der Waals surface area (Å²) in [6, 6.07) is 30.0. The molecule has 5 rings (SSSR count). The van der Waals surface area contributed by atoms with E-state index < -0.39 is 0 Å². The molecule has 1 amide bonds. The zero-order valence-electron chi connectivity index (χ0n) is 19.8. The maximum atomic E-state index is 13.7. The third-order valence-electron chi connectivity index (χ3n) is 6.73. The molecule has 0 spiro atoms. The van der Waals surface area contributed by atoms with E-state index in [0.717, 1.165) is 47.2 Å². The first-order valence-corrected chi connectivity index (χ1v) is 12.1. The van der Waals surface area contributed by atoms with Crippen LogP contribution in [-0.2, 0) is 4.79 Å². The van der Waals surface area contributed by atoms with Crippen LogP contribution in [0.25, 0.3) is 12.2 Å². The van der Waals surface area contributed by atoms with Gasteiger partial charge in [-0.1, -0.05) is 90.5 Å². The van der Waals surface area contributed by atoms with Gasteiger partial charge in [-0.15, -0.1) is 0 Å². The van der Waals surface area contributed by atoms with Gasteiger partial charge in [0.25, 0.3) is 5.91 Å². The van der Waals surface area contributed by atoms with Crippen molar-refractivity contribution in [3.63, 3.8) is 0 Å². The summed E-state index contributed by atoms with van der Waals surface area (Å²) < 4.78 is 0. The fourth-order valence-corrected chi connectivity index (χ4v) is 5.00. The van der Waals surface area contributed by atoms with Crippen LogP contribution in [0, 0.1) is 24.2 Å². The number of benzene rings is 3. The molecule has 172 valence electrons. The van der Waals surface area contributed by atoms with E-state index in [2.05, 4.69) is 24.3 Å². The lowest BCUT2D eigenvalue weighted by Crippen LogP contribution is -2.32. The minimum absolute atomic E-state index is 0.0892. The van der Waals surface area contributed by atoms with Crippen molar-refractivity contribution in [3.05, 3.63) is 118 Å². The van der Waals surface area contributed by atoms with Crippen molar-refractivity contribution in [1.82, 2.24) is 5.01 Å². The fourth-order valence-electron chi connectivity index (χ4n) is 5.00. The first kappa shape index (κ1) is 22.6. The van der Waals surface area contributed by atoms with Crippen LogP contribution in [0.5, 0.6) is 0 Å². The van der Waals surface area contributed by atoms with E-state index in [1.807, 2.05) is 79.7 Å².